The molecule has 1 aromatic heterocycles. The topological polar surface area (TPSA) is 71.5 Å². The van der Waals surface area contributed by atoms with E-state index in [0.717, 1.165) is 12.8 Å². The fourth-order valence-corrected chi connectivity index (χ4v) is 3.59. The van der Waals surface area contributed by atoms with Gasteiger partial charge in [-0.3, -0.25) is 9.59 Å². The van der Waals surface area contributed by atoms with Gasteiger partial charge in [0.05, 0.1) is 10.9 Å². The summed E-state index contributed by atoms with van der Waals surface area (Å²) in [6.07, 6.45) is 3.14. The maximum absolute atomic E-state index is 12.4. The molecule has 26 heavy (non-hydrogen) atoms. The predicted molar refractivity (Wildman–Crippen MR) is 102 cm³/mol. The first-order valence-electron chi connectivity index (χ1n) is 8.09. The lowest BCUT2D eigenvalue weighted by molar-refractivity contribution is -0.136. The van der Waals surface area contributed by atoms with Crippen LogP contribution in [-0.4, -0.2) is 41.4 Å². The summed E-state index contributed by atoms with van der Waals surface area (Å²) in [7, 11) is 0. The van der Waals surface area contributed by atoms with Crippen molar-refractivity contribution in [1.29, 1.82) is 0 Å². The number of aromatic nitrogens is 1. The summed E-state index contributed by atoms with van der Waals surface area (Å²) in [6.45, 7) is 0.816. The minimum Gasteiger partial charge on any atom is -0.482 e. The minimum atomic E-state index is -0.258. The van der Waals surface area contributed by atoms with Gasteiger partial charge in [0, 0.05) is 35.8 Å². The second kappa shape index (κ2) is 8.70. The zero-order chi connectivity index (χ0) is 18.5. The number of thiazole rings is 1. The Labute approximate surface area is 165 Å². The number of halogens is 2. The summed E-state index contributed by atoms with van der Waals surface area (Å²) in [5.74, 6) is -0.196. The van der Waals surface area contributed by atoms with Crippen molar-refractivity contribution < 1.29 is 14.3 Å². The minimum absolute atomic E-state index is 0.115. The van der Waals surface area contributed by atoms with Crippen molar-refractivity contribution >= 4 is 51.5 Å². The van der Waals surface area contributed by atoms with Crippen LogP contribution in [0.2, 0.25) is 10.0 Å². The summed E-state index contributed by atoms with van der Waals surface area (Å²) in [5.41, 5.74) is 0. The maximum Gasteiger partial charge on any atom is 0.260 e. The van der Waals surface area contributed by atoms with E-state index in [2.05, 4.69) is 10.3 Å². The molecule has 0 radical (unpaired) electrons. The van der Waals surface area contributed by atoms with Crippen LogP contribution in [0.4, 0.5) is 5.13 Å². The van der Waals surface area contributed by atoms with Gasteiger partial charge in [-0.2, -0.15) is 0 Å². The summed E-state index contributed by atoms with van der Waals surface area (Å²) < 4.78 is 5.50. The van der Waals surface area contributed by atoms with E-state index in [-0.39, 0.29) is 24.3 Å². The van der Waals surface area contributed by atoms with Crippen molar-refractivity contribution in [1.82, 2.24) is 9.88 Å². The molecule has 1 saturated heterocycles. The van der Waals surface area contributed by atoms with E-state index in [1.807, 2.05) is 0 Å². The first kappa shape index (κ1) is 18.9. The average molecular weight is 414 g/mol. The van der Waals surface area contributed by atoms with Gasteiger partial charge in [-0.25, -0.2) is 4.98 Å². The molecule has 9 heteroatoms. The Morgan fingerprint density at radius 2 is 2.23 bits per heavy atom. The Kier molecular flexibility index (Phi) is 6.34. The highest BCUT2D eigenvalue weighted by Crippen LogP contribution is 2.28. The van der Waals surface area contributed by atoms with E-state index >= 15 is 0 Å². The smallest absolute Gasteiger partial charge is 0.260 e. The van der Waals surface area contributed by atoms with E-state index in [0.29, 0.717) is 34.0 Å². The van der Waals surface area contributed by atoms with Crippen molar-refractivity contribution in [2.75, 3.05) is 25.0 Å². The number of piperidine rings is 1. The fourth-order valence-electron chi connectivity index (χ4n) is 2.73. The van der Waals surface area contributed by atoms with Crippen LogP contribution in [0.3, 0.4) is 0 Å². The van der Waals surface area contributed by atoms with Gasteiger partial charge in [0.1, 0.15) is 5.75 Å². The molecule has 0 saturated carbocycles. The third-order valence-corrected chi connectivity index (χ3v) is 5.29. The third kappa shape index (κ3) is 4.87. The van der Waals surface area contributed by atoms with Gasteiger partial charge in [0.15, 0.2) is 11.7 Å². The summed E-state index contributed by atoms with van der Waals surface area (Å²) in [5, 5.41) is 6.02. The van der Waals surface area contributed by atoms with Crippen molar-refractivity contribution in [2.45, 2.75) is 12.8 Å². The van der Waals surface area contributed by atoms with Gasteiger partial charge in [-0.15, -0.1) is 11.3 Å². The molecule has 1 fully saturated rings. The Bertz CT molecular complexity index is 786. The first-order chi connectivity index (χ1) is 12.5. The number of carbonyl (C=O) groups is 2. The number of nitrogens with zero attached hydrogens (tertiary/aromatic N) is 2. The lowest BCUT2D eigenvalue weighted by atomic mass is 9.97. The van der Waals surface area contributed by atoms with Gasteiger partial charge in [-0.05, 0) is 25.0 Å². The number of anilines is 1. The lowest BCUT2D eigenvalue weighted by Crippen LogP contribution is -2.45. The van der Waals surface area contributed by atoms with E-state index in [4.69, 9.17) is 27.9 Å². The van der Waals surface area contributed by atoms with Gasteiger partial charge in [0.2, 0.25) is 5.91 Å². The van der Waals surface area contributed by atoms with E-state index < -0.39 is 0 Å². The number of hydrogen-bond acceptors (Lipinski definition) is 5. The lowest BCUT2D eigenvalue weighted by Gasteiger charge is -2.31. The molecule has 0 aliphatic carbocycles. The number of likely N-dealkylation sites (tertiary alicyclic amines) is 1. The first-order valence-corrected chi connectivity index (χ1v) is 9.72. The molecule has 2 aromatic rings. The maximum atomic E-state index is 12.4. The second-order valence-electron chi connectivity index (χ2n) is 5.87. The van der Waals surface area contributed by atoms with Crippen molar-refractivity contribution in [3.63, 3.8) is 0 Å². The number of carbonyl (C=O) groups excluding carboxylic acids is 2. The van der Waals surface area contributed by atoms with Crippen molar-refractivity contribution in [3.05, 3.63) is 39.8 Å². The summed E-state index contributed by atoms with van der Waals surface area (Å²) >= 11 is 13.3. The van der Waals surface area contributed by atoms with Crippen LogP contribution in [-0.2, 0) is 9.59 Å². The zero-order valence-electron chi connectivity index (χ0n) is 13.8. The highest BCUT2D eigenvalue weighted by atomic mass is 35.5. The Morgan fingerprint density at radius 3 is 3.00 bits per heavy atom. The number of hydrogen-bond donors (Lipinski definition) is 1. The van der Waals surface area contributed by atoms with Crippen molar-refractivity contribution in [2.24, 2.45) is 5.92 Å². The van der Waals surface area contributed by atoms with Crippen LogP contribution < -0.4 is 10.1 Å². The van der Waals surface area contributed by atoms with Crippen LogP contribution in [0.25, 0.3) is 0 Å². The molecule has 2 amide bonds. The number of nitrogens with one attached hydrogen (secondary N) is 1. The molecule has 138 valence electrons. The summed E-state index contributed by atoms with van der Waals surface area (Å²) in [6, 6.07) is 4.83. The molecule has 0 spiro atoms. The number of amides is 2. The van der Waals surface area contributed by atoms with Crippen LogP contribution in [0.15, 0.2) is 29.8 Å². The van der Waals surface area contributed by atoms with E-state index in [9.17, 15) is 9.59 Å². The molecule has 1 N–H and O–H groups in total. The van der Waals surface area contributed by atoms with Gasteiger partial charge in [0.25, 0.3) is 5.91 Å². The fraction of sp³-hybridized carbons (Fsp3) is 0.353. The quantitative estimate of drug-likeness (QED) is 0.810. The van der Waals surface area contributed by atoms with Gasteiger partial charge >= 0.3 is 0 Å². The molecule has 1 aliphatic rings. The van der Waals surface area contributed by atoms with Crippen LogP contribution in [0.5, 0.6) is 5.75 Å². The van der Waals surface area contributed by atoms with Crippen LogP contribution >= 0.6 is 34.5 Å². The Balaban J connectivity index is 1.54. The van der Waals surface area contributed by atoms with Gasteiger partial charge < -0.3 is 15.0 Å². The number of rotatable bonds is 5. The monoisotopic (exact) mass is 413 g/mol. The number of benzene rings is 1. The normalized spacial score (nSPS) is 17.0. The van der Waals surface area contributed by atoms with Crippen LogP contribution in [0.1, 0.15) is 12.8 Å². The van der Waals surface area contributed by atoms with Gasteiger partial charge in [-0.1, -0.05) is 23.2 Å². The molecule has 1 aliphatic heterocycles. The molecule has 6 nitrogen and oxygen atoms in total. The highest BCUT2D eigenvalue weighted by molar-refractivity contribution is 7.13. The molecular formula is C17H17Cl2N3O3S. The Morgan fingerprint density at radius 1 is 1.38 bits per heavy atom. The SMILES string of the molecule is O=C(Nc1nccs1)C1CCCN(C(=O)COc2cc(Cl)ccc2Cl)C1. The predicted octanol–water partition coefficient (Wildman–Crippen LogP) is 3.71. The molecule has 1 atom stereocenters. The zero-order valence-corrected chi connectivity index (χ0v) is 16.1. The highest BCUT2D eigenvalue weighted by Gasteiger charge is 2.29. The Hall–Kier alpha value is -1.83. The molecule has 3 rings (SSSR count). The van der Waals surface area contributed by atoms with E-state index in [1.165, 1.54) is 11.3 Å². The molecule has 1 unspecified atom stereocenters. The molecule has 2 heterocycles. The standard InChI is InChI=1S/C17H17Cl2N3O3S/c18-12-3-4-13(19)14(8-12)25-10-15(23)22-6-1-2-11(9-22)16(24)21-17-20-5-7-26-17/h3-5,7-8,11H,1-2,6,9-10H2,(H,20,21,24). The third-order valence-electron chi connectivity index (χ3n) is 4.05. The molecular weight excluding hydrogens is 397 g/mol. The van der Waals surface area contributed by atoms with E-state index in [1.54, 1.807) is 34.7 Å². The number of ether oxygens (including phenoxy) is 1. The summed E-state index contributed by atoms with van der Waals surface area (Å²) in [4.78, 5) is 30.5. The second-order valence-corrected chi connectivity index (χ2v) is 7.61. The van der Waals surface area contributed by atoms with Crippen LogP contribution in [0, 0.1) is 5.92 Å². The molecule has 1 aromatic carbocycles. The largest absolute Gasteiger partial charge is 0.482 e. The van der Waals surface area contributed by atoms with Crippen molar-refractivity contribution in [3.8, 4) is 5.75 Å². The molecule has 0 bridgehead atoms. The average Bonchev–Trinajstić information content (AvgIpc) is 3.15.